The molecule has 0 heterocycles. The number of halogens is 2. The molecule has 0 bridgehead atoms. The second-order valence-corrected chi connectivity index (χ2v) is 6.66. The lowest BCUT2D eigenvalue weighted by Crippen LogP contribution is -2.38. The fraction of sp³-hybridized carbons (Fsp3) is 0.538. The number of rotatable bonds is 7. The van der Waals surface area contributed by atoms with Gasteiger partial charge in [0.05, 0.1) is 4.90 Å². The van der Waals surface area contributed by atoms with Gasteiger partial charge in [-0.15, -0.1) is 11.6 Å². The van der Waals surface area contributed by atoms with Gasteiger partial charge in [-0.2, -0.15) is 0 Å². The minimum atomic E-state index is -3.69. The monoisotopic (exact) mass is 307 g/mol. The van der Waals surface area contributed by atoms with Crippen LogP contribution in [0, 0.1) is 11.2 Å². The van der Waals surface area contributed by atoms with Crippen molar-refractivity contribution in [1.29, 1.82) is 0 Å². The molecule has 0 radical (unpaired) electrons. The van der Waals surface area contributed by atoms with Crippen LogP contribution < -0.4 is 4.72 Å². The molecule has 0 saturated heterocycles. The van der Waals surface area contributed by atoms with Gasteiger partial charge in [0.1, 0.15) is 5.82 Å². The largest absolute Gasteiger partial charge is 0.240 e. The lowest BCUT2D eigenvalue weighted by atomic mass is 9.85. The summed E-state index contributed by atoms with van der Waals surface area (Å²) in [5.74, 6) is -0.191. The molecule has 1 aromatic rings. The van der Waals surface area contributed by atoms with Crippen LogP contribution in [-0.4, -0.2) is 20.8 Å². The number of benzene rings is 1. The molecule has 0 saturated carbocycles. The minimum Gasteiger partial charge on any atom is -0.211 e. The van der Waals surface area contributed by atoms with Crippen LogP contribution in [0.25, 0.3) is 0 Å². The average Bonchev–Trinajstić information content (AvgIpc) is 2.41. The predicted molar refractivity (Wildman–Crippen MR) is 75.3 cm³/mol. The molecule has 0 atom stereocenters. The fourth-order valence-corrected chi connectivity index (χ4v) is 3.36. The van der Waals surface area contributed by atoms with Gasteiger partial charge >= 0.3 is 0 Å². The second-order valence-electron chi connectivity index (χ2n) is 4.62. The van der Waals surface area contributed by atoms with Gasteiger partial charge in [-0.3, -0.25) is 0 Å². The SMILES string of the molecule is CCC(CC)(CCl)CNS(=O)(=O)c1cccc(F)c1. The Bertz CT molecular complexity index is 507. The first-order valence-electron chi connectivity index (χ1n) is 6.20. The molecular weight excluding hydrogens is 289 g/mol. The summed E-state index contributed by atoms with van der Waals surface area (Å²) in [6.45, 7) is 4.20. The van der Waals surface area contributed by atoms with Crippen LogP contribution in [0.1, 0.15) is 26.7 Å². The van der Waals surface area contributed by atoms with Crippen LogP contribution in [0.15, 0.2) is 29.2 Å². The van der Waals surface area contributed by atoms with E-state index in [0.29, 0.717) is 5.88 Å². The molecule has 0 spiro atoms. The molecule has 0 aromatic heterocycles. The Morgan fingerprint density at radius 2 is 1.95 bits per heavy atom. The van der Waals surface area contributed by atoms with Crippen LogP contribution in [0.4, 0.5) is 4.39 Å². The molecule has 0 aliphatic carbocycles. The number of sulfonamides is 1. The summed E-state index contributed by atoms with van der Waals surface area (Å²) >= 11 is 5.93. The van der Waals surface area contributed by atoms with E-state index in [1.165, 1.54) is 18.2 Å². The van der Waals surface area contributed by atoms with E-state index in [9.17, 15) is 12.8 Å². The summed E-state index contributed by atoms with van der Waals surface area (Å²) in [7, 11) is -3.69. The average molecular weight is 308 g/mol. The fourth-order valence-electron chi connectivity index (χ4n) is 1.70. The first-order valence-corrected chi connectivity index (χ1v) is 8.22. The van der Waals surface area contributed by atoms with E-state index in [4.69, 9.17) is 11.6 Å². The molecule has 19 heavy (non-hydrogen) atoms. The molecular formula is C13H19ClFNO2S. The van der Waals surface area contributed by atoms with E-state index in [-0.39, 0.29) is 16.9 Å². The second kappa shape index (κ2) is 6.68. The normalized spacial score (nSPS) is 12.6. The van der Waals surface area contributed by atoms with E-state index < -0.39 is 15.8 Å². The zero-order valence-electron chi connectivity index (χ0n) is 11.1. The van der Waals surface area contributed by atoms with Crippen molar-refractivity contribution in [3.63, 3.8) is 0 Å². The third kappa shape index (κ3) is 4.16. The maximum absolute atomic E-state index is 13.1. The van der Waals surface area contributed by atoms with Crippen molar-refractivity contribution in [1.82, 2.24) is 4.72 Å². The van der Waals surface area contributed by atoms with Gasteiger partial charge in [0.15, 0.2) is 0 Å². The third-order valence-electron chi connectivity index (χ3n) is 3.53. The van der Waals surface area contributed by atoms with Crippen LogP contribution in [0.5, 0.6) is 0 Å². The molecule has 6 heteroatoms. The van der Waals surface area contributed by atoms with E-state index in [1.807, 2.05) is 13.8 Å². The summed E-state index contributed by atoms with van der Waals surface area (Å²) in [6.07, 6.45) is 1.55. The summed E-state index contributed by atoms with van der Waals surface area (Å²) in [5, 5.41) is 0. The van der Waals surface area contributed by atoms with E-state index in [2.05, 4.69) is 4.72 Å². The van der Waals surface area contributed by atoms with Gasteiger partial charge in [0.2, 0.25) is 10.0 Å². The number of hydrogen-bond donors (Lipinski definition) is 1. The third-order valence-corrected chi connectivity index (χ3v) is 5.49. The maximum atomic E-state index is 13.1. The zero-order chi connectivity index (χ0) is 14.5. The molecule has 0 fully saturated rings. The van der Waals surface area contributed by atoms with Gasteiger partial charge in [-0.05, 0) is 36.5 Å². The van der Waals surface area contributed by atoms with Crippen molar-refractivity contribution in [2.75, 3.05) is 12.4 Å². The number of hydrogen-bond acceptors (Lipinski definition) is 2. The Balaban J connectivity index is 2.87. The summed E-state index contributed by atoms with van der Waals surface area (Å²) in [4.78, 5) is -0.0665. The van der Waals surface area contributed by atoms with Crippen LogP contribution in [-0.2, 0) is 10.0 Å². The van der Waals surface area contributed by atoms with Gasteiger partial charge in [-0.1, -0.05) is 19.9 Å². The highest BCUT2D eigenvalue weighted by Crippen LogP contribution is 2.27. The first-order chi connectivity index (χ1) is 8.89. The Hall–Kier alpha value is -0.650. The van der Waals surface area contributed by atoms with E-state index in [0.717, 1.165) is 18.9 Å². The Kier molecular flexibility index (Phi) is 5.77. The maximum Gasteiger partial charge on any atom is 0.240 e. The summed E-state index contributed by atoms with van der Waals surface area (Å²) < 4.78 is 39.7. The molecule has 1 aromatic carbocycles. The van der Waals surface area contributed by atoms with E-state index in [1.54, 1.807) is 0 Å². The highest BCUT2D eigenvalue weighted by Gasteiger charge is 2.27. The molecule has 0 aliphatic heterocycles. The van der Waals surface area contributed by atoms with Crippen molar-refractivity contribution in [3.8, 4) is 0 Å². The van der Waals surface area contributed by atoms with Crippen molar-refractivity contribution < 1.29 is 12.8 Å². The molecule has 3 nitrogen and oxygen atoms in total. The molecule has 0 amide bonds. The van der Waals surface area contributed by atoms with Gasteiger partial charge in [0.25, 0.3) is 0 Å². The predicted octanol–water partition coefficient (Wildman–Crippen LogP) is 3.15. The van der Waals surface area contributed by atoms with Gasteiger partial charge < -0.3 is 0 Å². The Morgan fingerprint density at radius 3 is 2.42 bits per heavy atom. The lowest BCUT2D eigenvalue weighted by Gasteiger charge is -2.29. The Morgan fingerprint density at radius 1 is 1.32 bits per heavy atom. The van der Waals surface area contributed by atoms with Crippen LogP contribution in [0.3, 0.4) is 0 Å². The lowest BCUT2D eigenvalue weighted by molar-refractivity contribution is 0.304. The zero-order valence-corrected chi connectivity index (χ0v) is 12.7. The van der Waals surface area contributed by atoms with Gasteiger partial charge in [-0.25, -0.2) is 17.5 Å². The molecule has 1 N–H and O–H groups in total. The van der Waals surface area contributed by atoms with Crippen molar-refractivity contribution in [2.24, 2.45) is 5.41 Å². The minimum absolute atomic E-state index is 0.0665. The molecule has 0 unspecified atom stereocenters. The smallest absolute Gasteiger partial charge is 0.211 e. The highest BCUT2D eigenvalue weighted by atomic mass is 35.5. The van der Waals surface area contributed by atoms with E-state index >= 15 is 0 Å². The standard InChI is InChI=1S/C13H19ClFNO2S/c1-3-13(4-2,9-14)10-16-19(17,18)12-7-5-6-11(15)8-12/h5-8,16H,3-4,9-10H2,1-2H3. The van der Waals surface area contributed by atoms with Crippen LogP contribution >= 0.6 is 11.6 Å². The summed E-state index contributed by atoms with van der Waals surface area (Å²) in [5.41, 5.74) is -0.262. The molecule has 1 rings (SSSR count). The van der Waals surface area contributed by atoms with Crippen LogP contribution in [0.2, 0.25) is 0 Å². The van der Waals surface area contributed by atoms with Crippen molar-refractivity contribution in [2.45, 2.75) is 31.6 Å². The Labute approximate surface area is 119 Å². The molecule has 108 valence electrons. The highest BCUT2D eigenvalue weighted by molar-refractivity contribution is 7.89. The number of alkyl halides is 1. The van der Waals surface area contributed by atoms with Crippen molar-refractivity contribution in [3.05, 3.63) is 30.1 Å². The van der Waals surface area contributed by atoms with Crippen molar-refractivity contribution >= 4 is 21.6 Å². The summed E-state index contributed by atoms with van der Waals surface area (Å²) in [6, 6.07) is 4.95. The number of nitrogens with one attached hydrogen (secondary N) is 1. The molecule has 0 aliphatic rings. The van der Waals surface area contributed by atoms with Gasteiger partial charge in [0, 0.05) is 12.4 Å². The first kappa shape index (κ1) is 16.4. The topological polar surface area (TPSA) is 46.2 Å². The quantitative estimate of drug-likeness (QED) is 0.787.